The number of nitrogen functional groups attached to an aromatic ring is 1. The van der Waals surface area contributed by atoms with Gasteiger partial charge in [-0.25, -0.2) is 8.78 Å². The quantitative estimate of drug-likeness (QED) is 0.758. The molecule has 6 heteroatoms. The van der Waals surface area contributed by atoms with Crippen molar-refractivity contribution >= 4 is 17.3 Å². The van der Waals surface area contributed by atoms with E-state index in [1.165, 1.54) is 12.1 Å². The largest absolute Gasteiger partial charge is 0.398 e. The molecule has 0 aliphatic carbocycles. The Morgan fingerprint density at radius 2 is 1.86 bits per heavy atom. The Balaban J connectivity index is 2.33. The van der Waals surface area contributed by atoms with Gasteiger partial charge < -0.3 is 16.8 Å². The first-order valence-corrected chi connectivity index (χ1v) is 6.30. The zero-order chi connectivity index (χ0) is 15.6. The fourth-order valence-electron chi connectivity index (χ4n) is 2.05. The second-order valence-corrected chi connectivity index (χ2v) is 4.67. The molecular formula is C15H15F2N3O. The standard InChI is InChI=1S/C15H15F2N3O/c1-8(9-4-2-3-5-11(9)16)20-14-6-10(15(19)21)13(18)7-12(14)17/h2-8,20H,18H2,1H3,(H2,19,21). The van der Waals surface area contributed by atoms with Gasteiger partial charge in [0.25, 0.3) is 5.91 Å². The fourth-order valence-corrected chi connectivity index (χ4v) is 2.05. The molecule has 1 amide bonds. The molecule has 1 unspecified atom stereocenters. The molecule has 0 aliphatic heterocycles. The van der Waals surface area contributed by atoms with Crippen LogP contribution in [0.3, 0.4) is 0 Å². The summed E-state index contributed by atoms with van der Waals surface area (Å²) in [7, 11) is 0. The lowest BCUT2D eigenvalue weighted by Gasteiger charge is -2.18. The first kappa shape index (κ1) is 14.8. The summed E-state index contributed by atoms with van der Waals surface area (Å²) in [5.41, 5.74) is 11.1. The van der Waals surface area contributed by atoms with Gasteiger partial charge in [-0.1, -0.05) is 18.2 Å². The molecule has 0 saturated heterocycles. The average molecular weight is 291 g/mol. The minimum Gasteiger partial charge on any atom is -0.398 e. The van der Waals surface area contributed by atoms with E-state index in [0.717, 1.165) is 6.07 Å². The first-order chi connectivity index (χ1) is 9.90. The summed E-state index contributed by atoms with van der Waals surface area (Å²) >= 11 is 0. The molecule has 110 valence electrons. The van der Waals surface area contributed by atoms with Crippen molar-refractivity contribution in [1.29, 1.82) is 0 Å². The van der Waals surface area contributed by atoms with Crippen LogP contribution >= 0.6 is 0 Å². The van der Waals surface area contributed by atoms with E-state index in [2.05, 4.69) is 5.32 Å². The van der Waals surface area contributed by atoms with Crippen LogP contribution in [0, 0.1) is 11.6 Å². The van der Waals surface area contributed by atoms with Crippen molar-refractivity contribution in [2.75, 3.05) is 11.1 Å². The summed E-state index contributed by atoms with van der Waals surface area (Å²) in [6, 6.07) is 7.91. The van der Waals surface area contributed by atoms with Crippen LogP contribution in [0.25, 0.3) is 0 Å². The van der Waals surface area contributed by atoms with Crippen molar-refractivity contribution in [1.82, 2.24) is 0 Å². The molecule has 1 atom stereocenters. The SMILES string of the molecule is CC(Nc1cc(C(N)=O)c(N)cc1F)c1ccccc1F. The van der Waals surface area contributed by atoms with Gasteiger partial charge in [0, 0.05) is 11.3 Å². The van der Waals surface area contributed by atoms with Gasteiger partial charge in [-0.15, -0.1) is 0 Å². The Labute approximate surface area is 120 Å². The molecule has 21 heavy (non-hydrogen) atoms. The van der Waals surface area contributed by atoms with E-state index < -0.39 is 23.6 Å². The molecule has 2 aromatic carbocycles. The molecule has 0 spiro atoms. The van der Waals surface area contributed by atoms with Gasteiger partial charge in [0.05, 0.1) is 17.3 Å². The Morgan fingerprint density at radius 3 is 2.48 bits per heavy atom. The maximum Gasteiger partial charge on any atom is 0.250 e. The monoisotopic (exact) mass is 291 g/mol. The maximum absolute atomic E-state index is 13.9. The van der Waals surface area contributed by atoms with Crippen molar-refractivity contribution in [3.05, 3.63) is 59.2 Å². The van der Waals surface area contributed by atoms with Gasteiger partial charge in [0.1, 0.15) is 11.6 Å². The zero-order valence-corrected chi connectivity index (χ0v) is 11.4. The highest BCUT2D eigenvalue weighted by Gasteiger charge is 2.15. The number of nitrogens with one attached hydrogen (secondary N) is 1. The number of primary amides is 1. The summed E-state index contributed by atoms with van der Waals surface area (Å²) in [5.74, 6) is -1.79. The average Bonchev–Trinajstić information content (AvgIpc) is 2.41. The van der Waals surface area contributed by atoms with Crippen LogP contribution in [0.5, 0.6) is 0 Å². The minimum absolute atomic E-state index is 0.0135. The Bertz CT molecular complexity index is 689. The van der Waals surface area contributed by atoms with Crippen LogP contribution in [0.15, 0.2) is 36.4 Å². The van der Waals surface area contributed by atoms with E-state index in [1.807, 2.05) is 0 Å². The molecule has 0 radical (unpaired) electrons. The molecule has 0 bridgehead atoms. The molecule has 0 aliphatic rings. The van der Waals surface area contributed by atoms with Crippen LogP contribution < -0.4 is 16.8 Å². The molecule has 0 fully saturated rings. The molecule has 2 aromatic rings. The maximum atomic E-state index is 13.9. The van der Waals surface area contributed by atoms with Gasteiger partial charge >= 0.3 is 0 Å². The van der Waals surface area contributed by atoms with Gasteiger partial charge in [0.15, 0.2) is 0 Å². The van der Waals surface area contributed by atoms with E-state index in [1.54, 1.807) is 25.1 Å². The minimum atomic E-state index is -0.755. The number of hydrogen-bond acceptors (Lipinski definition) is 3. The van der Waals surface area contributed by atoms with E-state index in [0.29, 0.717) is 5.56 Å². The van der Waals surface area contributed by atoms with Crippen LogP contribution in [-0.2, 0) is 0 Å². The third-order valence-electron chi connectivity index (χ3n) is 3.15. The lowest BCUT2D eigenvalue weighted by molar-refractivity contribution is 0.100. The molecule has 0 heterocycles. The number of amides is 1. The number of carbonyl (C=O) groups excluding carboxylic acids is 1. The molecule has 0 saturated carbocycles. The van der Waals surface area contributed by atoms with E-state index in [9.17, 15) is 13.6 Å². The van der Waals surface area contributed by atoms with Crippen molar-refractivity contribution in [3.8, 4) is 0 Å². The molecule has 4 nitrogen and oxygen atoms in total. The normalized spacial score (nSPS) is 12.0. The fraction of sp³-hybridized carbons (Fsp3) is 0.133. The smallest absolute Gasteiger partial charge is 0.250 e. The highest BCUT2D eigenvalue weighted by molar-refractivity contribution is 5.99. The van der Waals surface area contributed by atoms with Crippen molar-refractivity contribution < 1.29 is 13.6 Å². The van der Waals surface area contributed by atoms with E-state index in [-0.39, 0.29) is 16.9 Å². The number of nitrogens with two attached hydrogens (primary N) is 2. The summed E-state index contributed by atoms with van der Waals surface area (Å²) in [4.78, 5) is 11.2. The molecule has 0 aromatic heterocycles. The van der Waals surface area contributed by atoms with Crippen molar-refractivity contribution in [2.45, 2.75) is 13.0 Å². The van der Waals surface area contributed by atoms with Crippen LogP contribution in [0.4, 0.5) is 20.2 Å². The number of anilines is 2. The number of rotatable bonds is 4. The predicted molar refractivity (Wildman–Crippen MR) is 77.8 cm³/mol. The lowest BCUT2D eigenvalue weighted by Crippen LogP contribution is -2.16. The van der Waals surface area contributed by atoms with Crippen molar-refractivity contribution in [2.24, 2.45) is 5.73 Å². The lowest BCUT2D eigenvalue weighted by atomic mass is 10.1. The first-order valence-electron chi connectivity index (χ1n) is 6.30. The molecular weight excluding hydrogens is 276 g/mol. The Hall–Kier alpha value is -2.63. The van der Waals surface area contributed by atoms with Crippen molar-refractivity contribution in [3.63, 3.8) is 0 Å². The van der Waals surface area contributed by atoms with Gasteiger partial charge in [-0.05, 0) is 25.1 Å². The summed E-state index contributed by atoms with van der Waals surface area (Å²) in [6.07, 6.45) is 0. The predicted octanol–water partition coefficient (Wildman–Crippen LogP) is 2.82. The molecule has 5 N–H and O–H groups in total. The summed E-state index contributed by atoms with van der Waals surface area (Å²) < 4.78 is 27.6. The molecule has 2 rings (SSSR count). The topological polar surface area (TPSA) is 81.1 Å². The number of hydrogen-bond donors (Lipinski definition) is 3. The van der Waals surface area contributed by atoms with Crippen LogP contribution in [0.1, 0.15) is 28.9 Å². The summed E-state index contributed by atoms with van der Waals surface area (Å²) in [6.45, 7) is 1.68. The van der Waals surface area contributed by atoms with E-state index >= 15 is 0 Å². The third-order valence-corrected chi connectivity index (χ3v) is 3.15. The van der Waals surface area contributed by atoms with Gasteiger partial charge in [-0.3, -0.25) is 4.79 Å². The van der Waals surface area contributed by atoms with Gasteiger partial charge in [-0.2, -0.15) is 0 Å². The number of halogens is 2. The summed E-state index contributed by atoms with van der Waals surface area (Å²) in [5, 5.41) is 2.81. The third kappa shape index (κ3) is 3.10. The zero-order valence-electron chi connectivity index (χ0n) is 11.4. The number of carbonyl (C=O) groups is 1. The van der Waals surface area contributed by atoms with Crippen LogP contribution in [0.2, 0.25) is 0 Å². The van der Waals surface area contributed by atoms with E-state index in [4.69, 9.17) is 11.5 Å². The highest BCUT2D eigenvalue weighted by atomic mass is 19.1. The second-order valence-electron chi connectivity index (χ2n) is 4.67. The van der Waals surface area contributed by atoms with Gasteiger partial charge in [0.2, 0.25) is 0 Å². The van der Waals surface area contributed by atoms with Crippen LogP contribution in [-0.4, -0.2) is 5.91 Å². The second kappa shape index (κ2) is 5.78. The Morgan fingerprint density at radius 1 is 1.19 bits per heavy atom. The number of benzene rings is 2. The Kier molecular flexibility index (Phi) is 4.07. The highest BCUT2D eigenvalue weighted by Crippen LogP contribution is 2.26.